The number of fused-ring (bicyclic) bond motifs is 1. The topological polar surface area (TPSA) is 21.3 Å². The Kier molecular flexibility index (Phi) is 5.32. The highest BCUT2D eigenvalue weighted by Gasteiger charge is 1.95. The largest absolute Gasteiger partial charge is 0.370 e. The molecule has 0 radical (unpaired) electrons. The minimum atomic E-state index is 0.639. The van der Waals surface area contributed by atoms with Gasteiger partial charge in [-0.15, -0.1) is 11.3 Å². The molecule has 0 aliphatic heterocycles. The summed E-state index contributed by atoms with van der Waals surface area (Å²) < 4.78 is 5.97. The molecular weight excluding hydrogens is 206 g/mol. The van der Waals surface area contributed by atoms with E-state index in [4.69, 9.17) is 0 Å². The van der Waals surface area contributed by atoms with Gasteiger partial charge >= 0.3 is 0 Å². The van der Waals surface area contributed by atoms with Crippen LogP contribution in [0.4, 0.5) is 0 Å². The first-order valence-electron chi connectivity index (χ1n) is 4.86. The summed E-state index contributed by atoms with van der Waals surface area (Å²) in [6.07, 6.45) is 0. The van der Waals surface area contributed by atoms with Crippen molar-refractivity contribution in [3.8, 4) is 0 Å². The third-order valence-corrected chi connectivity index (χ3v) is 3.04. The van der Waals surface area contributed by atoms with Gasteiger partial charge in [-0.05, 0) is 36.4 Å². The molecule has 0 saturated heterocycles. The van der Waals surface area contributed by atoms with Crippen molar-refractivity contribution in [3.05, 3.63) is 35.2 Å². The molecule has 2 nitrogen and oxygen atoms in total. The van der Waals surface area contributed by atoms with Crippen LogP contribution in [0, 0.1) is 6.92 Å². The van der Waals surface area contributed by atoms with E-state index in [1.807, 2.05) is 18.4 Å². The Morgan fingerprint density at radius 2 is 2.07 bits per heavy atom. The highest BCUT2D eigenvalue weighted by atomic mass is 32.1. The normalized spacial score (nSPS) is 9.80. The molecule has 0 unspecified atom stereocenters. The lowest BCUT2D eigenvalue weighted by Crippen LogP contribution is -2.08. The number of thiophene rings is 1. The van der Waals surface area contributed by atoms with Crippen LogP contribution >= 0.6 is 11.3 Å². The van der Waals surface area contributed by atoms with Crippen LogP contribution in [0.1, 0.15) is 5.56 Å². The second-order valence-corrected chi connectivity index (χ2v) is 4.11. The first kappa shape index (κ1) is 12.2. The molecule has 0 atom stereocenters. The van der Waals surface area contributed by atoms with E-state index in [9.17, 15) is 0 Å². The predicted molar refractivity (Wildman–Crippen MR) is 67.5 cm³/mol. The average molecular weight is 223 g/mol. The van der Waals surface area contributed by atoms with Gasteiger partial charge < -0.3 is 4.74 Å². The van der Waals surface area contributed by atoms with Crippen molar-refractivity contribution in [1.82, 2.24) is 5.32 Å². The number of hydrogen-bond donors (Lipinski definition) is 1. The Morgan fingerprint density at radius 1 is 1.33 bits per heavy atom. The molecular formula is C12H17NOS. The number of nitrogens with one attached hydrogen (secondary N) is 1. The minimum Gasteiger partial charge on any atom is -0.370 e. The Morgan fingerprint density at radius 3 is 2.60 bits per heavy atom. The molecule has 1 aromatic carbocycles. The van der Waals surface area contributed by atoms with E-state index in [-0.39, 0.29) is 0 Å². The average Bonchev–Trinajstić information content (AvgIpc) is 2.64. The number of methoxy groups -OCH3 is 1. The molecule has 0 aliphatic rings. The van der Waals surface area contributed by atoms with Gasteiger partial charge in [0.05, 0.1) is 6.73 Å². The van der Waals surface area contributed by atoms with E-state index in [1.54, 1.807) is 7.11 Å². The van der Waals surface area contributed by atoms with Crippen LogP contribution in [0.15, 0.2) is 29.6 Å². The quantitative estimate of drug-likeness (QED) is 0.790. The summed E-state index contributed by atoms with van der Waals surface area (Å²) in [5.74, 6) is 0. The molecule has 0 aliphatic carbocycles. The molecule has 15 heavy (non-hydrogen) atoms. The molecule has 1 heterocycles. The van der Waals surface area contributed by atoms with Crippen molar-refractivity contribution in [2.24, 2.45) is 0 Å². The zero-order valence-corrected chi connectivity index (χ0v) is 10.2. The Balaban J connectivity index is 0.000000195. The van der Waals surface area contributed by atoms with Crippen molar-refractivity contribution in [1.29, 1.82) is 0 Å². The highest BCUT2D eigenvalue weighted by Crippen LogP contribution is 2.24. The van der Waals surface area contributed by atoms with Crippen molar-refractivity contribution in [2.75, 3.05) is 20.9 Å². The van der Waals surface area contributed by atoms with Gasteiger partial charge in [0.1, 0.15) is 0 Å². The van der Waals surface area contributed by atoms with E-state index in [0.29, 0.717) is 6.73 Å². The lowest BCUT2D eigenvalue weighted by Gasteiger charge is -1.88. The highest BCUT2D eigenvalue weighted by molar-refractivity contribution is 7.17. The number of rotatable bonds is 2. The van der Waals surface area contributed by atoms with E-state index in [1.165, 1.54) is 15.6 Å². The maximum atomic E-state index is 4.58. The van der Waals surface area contributed by atoms with Gasteiger partial charge in [0.25, 0.3) is 0 Å². The standard InChI is InChI=1S/C9H8S.C3H9NO/c1-7-6-10-9-5-3-2-4-8(7)9;1-4-3-5-2/h2-6H,1H3;4H,3H2,1-2H3. The molecule has 0 spiro atoms. The van der Waals surface area contributed by atoms with Gasteiger partial charge in [0.2, 0.25) is 0 Å². The van der Waals surface area contributed by atoms with E-state index in [2.05, 4.69) is 46.6 Å². The molecule has 1 aromatic heterocycles. The molecule has 0 amide bonds. The summed E-state index contributed by atoms with van der Waals surface area (Å²) in [6.45, 7) is 2.79. The maximum Gasteiger partial charge on any atom is 0.0958 e. The summed E-state index contributed by atoms with van der Waals surface area (Å²) >= 11 is 1.81. The van der Waals surface area contributed by atoms with Crippen molar-refractivity contribution >= 4 is 21.4 Å². The fraction of sp³-hybridized carbons (Fsp3) is 0.333. The summed E-state index contributed by atoms with van der Waals surface area (Å²) in [7, 11) is 3.49. The number of ether oxygens (including phenoxy) is 1. The van der Waals surface area contributed by atoms with Crippen LogP contribution in [0.2, 0.25) is 0 Å². The van der Waals surface area contributed by atoms with Crippen LogP contribution < -0.4 is 5.32 Å². The molecule has 0 bridgehead atoms. The Labute approximate surface area is 94.9 Å². The van der Waals surface area contributed by atoms with Crippen LogP contribution in [0.3, 0.4) is 0 Å². The lowest BCUT2D eigenvalue weighted by atomic mass is 10.2. The second kappa shape index (κ2) is 6.56. The summed E-state index contributed by atoms with van der Waals surface area (Å²) in [6, 6.07) is 8.49. The van der Waals surface area contributed by atoms with Gasteiger partial charge in [0, 0.05) is 11.8 Å². The number of benzene rings is 1. The zero-order valence-electron chi connectivity index (χ0n) is 9.41. The number of hydrogen-bond acceptors (Lipinski definition) is 3. The van der Waals surface area contributed by atoms with Crippen LogP contribution in [-0.4, -0.2) is 20.9 Å². The summed E-state index contributed by atoms with van der Waals surface area (Å²) in [5, 5.41) is 6.39. The molecule has 2 aromatic rings. The van der Waals surface area contributed by atoms with Gasteiger partial charge in [-0.25, -0.2) is 0 Å². The molecule has 1 N–H and O–H groups in total. The third kappa shape index (κ3) is 3.63. The molecule has 82 valence electrons. The van der Waals surface area contributed by atoms with E-state index >= 15 is 0 Å². The van der Waals surface area contributed by atoms with Crippen LogP contribution in [-0.2, 0) is 4.74 Å². The van der Waals surface area contributed by atoms with Crippen molar-refractivity contribution in [2.45, 2.75) is 6.92 Å². The Bertz CT molecular complexity index is 395. The maximum absolute atomic E-state index is 4.58. The van der Waals surface area contributed by atoms with E-state index in [0.717, 1.165) is 0 Å². The smallest absolute Gasteiger partial charge is 0.0958 e. The summed E-state index contributed by atoms with van der Waals surface area (Å²) in [5.41, 5.74) is 1.39. The summed E-state index contributed by atoms with van der Waals surface area (Å²) in [4.78, 5) is 0. The molecule has 0 fully saturated rings. The van der Waals surface area contributed by atoms with Gasteiger partial charge in [-0.1, -0.05) is 18.2 Å². The monoisotopic (exact) mass is 223 g/mol. The van der Waals surface area contributed by atoms with Crippen molar-refractivity contribution < 1.29 is 4.74 Å². The zero-order chi connectivity index (χ0) is 11.1. The first-order valence-corrected chi connectivity index (χ1v) is 5.74. The predicted octanol–water partition coefficient (Wildman–Crippen LogP) is 3.02. The molecule has 2 rings (SSSR count). The molecule has 3 heteroatoms. The van der Waals surface area contributed by atoms with Gasteiger partial charge in [-0.2, -0.15) is 0 Å². The second-order valence-electron chi connectivity index (χ2n) is 3.20. The Hall–Kier alpha value is -0.900. The van der Waals surface area contributed by atoms with Gasteiger partial charge in [0.15, 0.2) is 0 Å². The van der Waals surface area contributed by atoms with E-state index < -0.39 is 0 Å². The fourth-order valence-electron chi connectivity index (χ4n) is 1.25. The van der Waals surface area contributed by atoms with Crippen LogP contribution in [0.5, 0.6) is 0 Å². The van der Waals surface area contributed by atoms with Gasteiger partial charge in [-0.3, -0.25) is 5.32 Å². The first-order chi connectivity index (χ1) is 7.29. The van der Waals surface area contributed by atoms with Crippen LogP contribution in [0.25, 0.3) is 10.1 Å². The fourth-order valence-corrected chi connectivity index (χ4v) is 2.20. The number of aryl methyl sites for hydroxylation is 1. The van der Waals surface area contributed by atoms with Crippen molar-refractivity contribution in [3.63, 3.8) is 0 Å². The molecule has 0 saturated carbocycles. The SMILES string of the molecule is CNCOC.Cc1csc2ccccc12. The minimum absolute atomic E-state index is 0.639. The third-order valence-electron chi connectivity index (χ3n) is 1.96. The lowest BCUT2D eigenvalue weighted by molar-refractivity contribution is 0.183.